The average Bonchev–Trinajstić information content (AvgIpc) is 3.82. The highest BCUT2D eigenvalue weighted by Gasteiger charge is 2.31. The van der Waals surface area contributed by atoms with Crippen LogP contribution in [0.5, 0.6) is 0 Å². The summed E-state index contributed by atoms with van der Waals surface area (Å²) >= 11 is 0. The first-order valence-corrected chi connectivity index (χ1v) is 18.3. The van der Waals surface area contributed by atoms with Crippen LogP contribution in [0.1, 0.15) is 58.8 Å². The van der Waals surface area contributed by atoms with E-state index >= 15 is 0 Å². The highest BCUT2D eigenvalue weighted by Crippen LogP contribution is 2.28. The Morgan fingerprint density at radius 2 is 1.20 bits per heavy atom. The maximum absolute atomic E-state index is 12.9. The van der Waals surface area contributed by atoms with E-state index in [0.717, 1.165) is 33.3 Å². The van der Waals surface area contributed by atoms with Gasteiger partial charge in [0.1, 0.15) is 24.3 Å². The summed E-state index contributed by atoms with van der Waals surface area (Å²) in [5, 5.41) is 13.1. The lowest BCUT2D eigenvalue weighted by atomic mass is 10.0. The minimum atomic E-state index is -1.15. The van der Waals surface area contributed by atoms with Crippen molar-refractivity contribution in [3.05, 3.63) is 131 Å². The molecular weight excluding hydrogens is 713 g/mol. The summed E-state index contributed by atoms with van der Waals surface area (Å²) in [6.07, 6.45) is -0.486. The van der Waals surface area contributed by atoms with Crippen molar-refractivity contribution in [1.29, 1.82) is 0 Å². The van der Waals surface area contributed by atoms with Gasteiger partial charge in [-0.15, -0.1) is 0 Å². The summed E-state index contributed by atoms with van der Waals surface area (Å²) in [6.45, 7) is 0.189. The molecule has 0 spiro atoms. The van der Waals surface area contributed by atoms with Gasteiger partial charge in [0.15, 0.2) is 0 Å². The lowest BCUT2D eigenvalue weighted by molar-refractivity contribution is -0.130. The third-order valence-electron chi connectivity index (χ3n) is 9.54. The van der Waals surface area contributed by atoms with Gasteiger partial charge in [0, 0.05) is 34.7 Å². The smallest absolute Gasteiger partial charge is 0.408 e. The fraction of sp³-hybridized carbons (Fsp3) is 0.286. The average molecular weight is 759 g/mol. The molecular formula is C42H46N8O6. The summed E-state index contributed by atoms with van der Waals surface area (Å²) in [5.41, 5.74) is 6.61. The Kier molecular flexibility index (Phi) is 12.3. The molecule has 0 aliphatic carbocycles. The third-order valence-corrected chi connectivity index (χ3v) is 9.54. The van der Waals surface area contributed by atoms with Gasteiger partial charge in [-0.05, 0) is 59.4 Å². The van der Waals surface area contributed by atoms with Crippen molar-refractivity contribution in [3.63, 3.8) is 0 Å². The van der Waals surface area contributed by atoms with Crippen LogP contribution in [0.4, 0.5) is 9.59 Å². The van der Waals surface area contributed by atoms with Gasteiger partial charge in [-0.2, -0.15) is 0 Å². The number of H-pyrrole nitrogens is 2. The van der Waals surface area contributed by atoms with Crippen molar-refractivity contribution >= 4 is 46.1 Å². The molecule has 14 heteroatoms. The molecule has 0 unspecified atom stereocenters. The Balaban J connectivity index is 1.17. The van der Waals surface area contributed by atoms with E-state index in [0.29, 0.717) is 35.5 Å². The number of hydrogen-bond donors (Lipinski definition) is 4. The predicted octanol–water partition coefficient (Wildman–Crippen LogP) is 6.37. The Morgan fingerprint density at radius 1 is 0.679 bits per heavy atom. The van der Waals surface area contributed by atoms with Gasteiger partial charge in [0.2, 0.25) is 11.8 Å². The number of imidazole rings is 2. The number of carboxylic acid groups (broad SMARTS) is 1. The topological polar surface area (TPSA) is 177 Å². The first-order chi connectivity index (χ1) is 26.9. The van der Waals surface area contributed by atoms with Gasteiger partial charge >= 0.3 is 12.2 Å². The first-order valence-electron chi connectivity index (χ1n) is 18.3. The molecule has 4 N–H and O–H groups in total. The summed E-state index contributed by atoms with van der Waals surface area (Å²) in [5.74, 6) is 0.452. The van der Waals surface area contributed by atoms with E-state index in [-0.39, 0.29) is 37.8 Å². The number of aromatic nitrogens is 4. The second-order valence-electron chi connectivity index (χ2n) is 14.1. The number of nitrogens with one attached hydrogen (secondary N) is 3. The molecule has 0 radical (unpaired) electrons. The van der Waals surface area contributed by atoms with Gasteiger partial charge < -0.3 is 34.9 Å². The number of carbonyl (C=O) groups excluding carboxylic acids is 3. The molecule has 4 aromatic carbocycles. The van der Waals surface area contributed by atoms with E-state index in [1.54, 1.807) is 28.2 Å². The molecule has 0 fully saturated rings. The largest absolute Gasteiger partial charge is 0.465 e. The summed E-state index contributed by atoms with van der Waals surface area (Å²) in [4.78, 5) is 71.3. The molecule has 14 nitrogen and oxygen atoms in total. The minimum absolute atomic E-state index is 0.00796. The quantitative estimate of drug-likeness (QED) is 0.0934. The van der Waals surface area contributed by atoms with E-state index in [1.807, 2.05) is 97.1 Å². The zero-order chi connectivity index (χ0) is 39.8. The number of benzene rings is 4. The van der Waals surface area contributed by atoms with Gasteiger partial charge in [0.05, 0.1) is 41.0 Å². The minimum Gasteiger partial charge on any atom is -0.465 e. The standard InChI is InChI=1S/C42H46N8O6/c1-48(2)37(51)23-35(47-41(53)56-26-30-13-9-6-10-14-30)39-43-31-19-17-27(21-33(31)45-39)15-16-28-18-20-32-34(22-28)46-40(44-32)36(24-38(52)49(3)4)50(42(54)55)25-29-11-7-5-8-12-29/h5-14,17-22,35-36H,15-16,23-26H2,1-4H3,(H,43,45)(H,44,46)(H,47,53)(H,54,55)/t35-,36-/m0/s1. The Labute approximate surface area is 324 Å². The highest BCUT2D eigenvalue weighted by molar-refractivity contribution is 5.80. The second kappa shape index (κ2) is 17.6. The zero-order valence-electron chi connectivity index (χ0n) is 31.9. The van der Waals surface area contributed by atoms with Crippen molar-refractivity contribution < 1.29 is 29.0 Å². The van der Waals surface area contributed by atoms with Gasteiger partial charge in [-0.1, -0.05) is 72.8 Å². The molecule has 6 rings (SSSR count). The molecule has 4 amide bonds. The van der Waals surface area contributed by atoms with Crippen LogP contribution in [0, 0.1) is 0 Å². The van der Waals surface area contributed by atoms with Crippen LogP contribution in [0.25, 0.3) is 22.1 Å². The lowest BCUT2D eigenvalue weighted by Crippen LogP contribution is -2.37. The predicted molar refractivity (Wildman–Crippen MR) is 211 cm³/mol. The Bertz CT molecular complexity index is 2300. The van der Waals surface area contributed by atoms with Crippen molar-refractivity contribution in [2.24, 2.45) is 0 Å². The van der Waals surface area contributed by atoms with Crippen LogP contribution in [0.3, 0.4) is 0 Å². The van der Waals surface area contributed by atoms with Crippen LogP contribution >= 0.6 is 0 Å². The number of rotatable bonds is 15. The van der Waals surface area contributed by atoms with E-state index in [1.165, 1.54) is 14.7 Å². The third kappa shape index (κ3) is 9.88. The normalized spacial score (nSPS) is 12.2. The number of ether oxygens (including phenoxy) is 1. The lowest BCUT2D eigenvalue weighted by Gasteiger charge is -2.28. The summed E-state index contributed by atoms with van der Waals surface area (Å²) in [7, 11) is 6.61. The highest BCUT2D eigenvalue weighted by atomic mass is 16.5. The number of carbonyl (C=O) groups is 4. The molecule has 6 aromatic rings. The number of amides is 4. The van der Waals surface area contributed by atoms with E-state index in [2.05, 4.69) is 15.3 Å². The second-order valence-corrected chi connectivity index (χ2v) is 14.1. The van der Waals surface area contributed by atoms with Crippen molar-refractivity contribution in [2.75, 3.05) is 28.2 Å². The molecule has 0 bridgehead atoms. The number of aryl methyl sites for hydroxylation is 2. The van der Waals surface area contributed by atoms with E-state index in [4.69, 9.17) is 14.7 Å². The maximum atomic E-state index is 12.9. The molecule has 0 saturated heterocycles. The monoisotopic (exact) mass is 758 g/mol. The van der Waals surface area contributed by atoms with Crippen LogP contribution in [0.15, 0.2) is 97.1 Å². The summed E-state index contributed by atoms with van der Waals surface area (Å²) in [6, 6.07) is 28.8. The van der Waals surface area contributed by atoms with Gasteiger partial charge in [0.25, 0.3) is 0 Å². The molecule has 56 heavy (non-hydrogen) atoms. The van der Waals surface area contributed by atoms with Crippen LogP contribution in [-0.2, 0) is 40.3 Å². The SMILES string of the molecule is CN(C)C(=O)C[C@H](NC(=O)OCc1ccccc1)c1nc2ccc(CCc3ccc4nc([C@H](CC(=O)N(C)C)N(Cc5ccccc5)C(=O)O)[nH]c4c3)cc2[nH]1. The maximum Gasteiger partial charge on any atom is 0.408 e. The van der Waals surface area contributed by atoms with Gasteiger partial charge in [-0.25, -0.2) is 19.6 Å². The zero-order valence-corrected chi connectivity index (χ0v) is 31.9. The van der Waals surface area contributed by atoms with Gasteiger partial charge in [-0.3, -0.25) is 14.5 Å². The number of hydrogen-bond acceptors (Lipinski definition) is 7. The molecule has 0 aliphatic heterocycles. The number of nitrogens with zero attached hydrogens (tertiary/aromatic N) is 5. The van der Waals surface area contributed by atoms with Crippen molar-refractivity contribution in [3.8, 4) is 0 Å². The number of aromatic amines is 2. The Hall–Kier alpha value is -6.70. The molecule has 0 aliphatic rings. The van der Waals surface area contributed by atoms with Crippen LogP contribution in [-0.4, -0.2) is 91.9 Å². The molecule has 2 aromatic heterocycles. The fourth-order valence-corrected chi connectivity index (χ4v) is 6.35. The molecule has 2 heterocycles. The Morgan fingerprint density at radius 3 is 1.75 bits per heavy atom. The number of fused-ring (bicyclic) bond motifs is 2. The van der Waals surface area contributed by atoms with Crippen molar-refractivity contribution in [2.45, 2.75) is 50.9 Å². The molecule has 2 atom stereocenters. The molecule has 290 valence electrons. The molecule has 0 saturated carbocycles. The van der Waals surface area contributed by atoms with Crippen LogP contribution < -0.4 is 5.32 Å². The fourth-order valence-electron chi connectivity index (χ4n) is 6.35. The van der Waals surface area contributed by atoms with E-state index in [9.17, 15) is 24.3 Å². The van der Waals surface area contributed by atoms with Crippen LogP contribution in [0.2, 0.25) is 0 Å². The first kappa shape index (κ1) is 39.0. The number of alkyl carbamates (subject to hydrolysis) is 1. The van der Waals surface area contributed by atoms with Crippen molar-refractivity contribution in [1.82, 2.24) is 40.0 Å². The summed E-state index contributed by atoms with van der Waals surface area (Å²) < 4.78 is 5.43. The van der Waals surface area contributed by atoms with E-state index < -0.39 is 24.3 Å².